The first-order valence-corrected chi connectivity index (χ1v) is 29.6. The minimum atomic E-state index is -0.337. The maximum absolute atomic E-state index is 7.43. The third kappa shape index (κ3) is 7.15. The van der Waals surface area contributed by atoms with E-state index in [4.69, 9.17) is 4.42 Å². The lowest BCUT2D eigenvalue weighted by Gasteiger charge is -2.45. The lowest BCUT2D eigenvalue weighted by Crippen LogP contribution is -2.57. The standard InChI is InChI=1S/C76H72BN3O/c1-45-39-59-60(75(10,11)38-37-74(59,8)9)44-63(45)79-62-36-27-47(46-21-15-14-16-22-46)40-61(62)77-68-64(79)43-55-53-23-18-20-26-65(53)81-70(55)67(68)57-42-52(41-56-66-54-24-17-19-25-58(54)76(12,13)71(66)80(77)69(56)57)78(50-32-28-48(29-33-50)72(2,3)4)51-34-30-49(31-35-51)73(5,6)7/h14-36,39-44H,37-38H2,1-13H3. The summed E-state index contributed by atoms with van der Waals surface area (Å²) in [6, 6.07) is 67.7. The van der Waals surface area contributed by atoms with Gasteiger partial charge in [0.25, 0.3) is 0 Å². The summed E-state index contributed by atoms with van der Waals surface area (Å²) in [4.78, 5) is 5.18. The van der Waals surface area contributed by atoms with Crippen molar-refractivity contribution in [1.82, 2.24) is 4.48 Å². The zero-order valence-electron chi connectivity index (χ0n) is 49.5. The Morgan fingerprint density at radius 2 is 1.11 bits per heavy atom. The minimum absolute atomic E-state index is 0.00412. The van der Waals surface area contributed by atoms with Crippen LogP contribution in [0.3, 0.4) is 0 Å². The van der Waals surface area contributed by atoms with E-state index in [0.717, 1.165) is 45.4 Å². The Bertz CT molecular complexity index is 4400. The largest absolute Gasteiger partial charge is 0.455 e. The van der Waals surface area contributed by atoms with Crippen molar-refractivity contribution in [3.63, 3.8) is 0 Å². The maximum Gasteiger partial charge on any atom is 0.333 e. The molecule has 9 aromatic carbocycles. The van der Waals surface area contributed by atoms with Crippen molar-refractivity contribution in [2.45, 2.75) is 130 Å². The molecule has 0 saturated heterocycles. The number of hydrogen-bond acceptors (Lipinski definition) is 3. The lowest BCUT2D eigenvalue weighted by molar-refractivity contribution is 0.332. The van der Waals surface area contributed by atoms with Crippen molar-refractivity contribution >= 4 is 84.7 Å². The molecule has 0 saturated carbocycles. The van der Waals surface area contributed by atoms with Crippen LogP contribution in [-0.4, -0.2) is 11.3 Å². The molecule has 0 atom stereocenters. The summed E-state index contributed by atoms with van der Waals surface area (Å²) in [6.45, 7) is 30.7. The zero-order chi connectivity index (χ0) is 56.0. The van der Waals surface area contributed by atoms with Crippen LogP contribution in [0.4, 0.5) is 34.1 Å². The number of aromatic nitrogens is 1. The van der Waals surface area contributed by atoms with Gasteiger partial charge in [-0.25, -0.2) is 0 Å². The van der Waals surface area contributed by atoms with E-state index >= 15 is 0 Å². The highest BCUT2D eigenvalue weighted by Crippen LogP contribution is 2.59. The monoisotopic (exact) mass is 1050 g/mol. The second kappa shape index (κ2) is 16.8. The number of fused-ring (bicyclic) bond motifs is 14. The molecule has 2 aromatic heterocycles. The molecule has 2 aliphatic heterocycles. The van der Waals surface area contributed by atoms with Crippen LogP contribution in [0.1, 0.15) is 135 Å². The Kier molecular flexibility index (Phi) is 10.4. The summed E-state index contributed by atoms with van der Waals surface area (Å²) in [5.41, 5.74) is 29.4. The smallest absolute Gasteiger partial charge is 0.333 e. The number of hydrogen-bond donors (Lipinski definition) is 0. The van der Waals surface area contributed by atoms with Crippen molar-refractivity contribution in [3.8, 4) is 33.4 Å². The average molecular weight is 1050 g/mol. The van der Waals surface area contributed by atoms with E-state index in [9.17, 15) is 0 Å². The maximum atomic E-state index is 7.43. The van der Waals surface area contributed by atoms with E-state index < -0.39 is 0 Å². The number of rotatable bonds is 5. The second-order valence-corrected chi connectivity index (χ2v) is 28.1. The van der Waals surface area contributed by atoms with Gasteiger partial charge in [0.05, 0.1) is 0 Å². The van der Waals surface area contributed by atoms with Gasteiger partial charge in [0.15, 0.2) is 0 Å². The molecule has 400 valence electrons. The SMILES string of the molecule is Cc1cc2c(cc1N1c3ccc(-c4ccccc4)cc3B3c4c1cc1c(oc5ccccc51)c4-c1cc(N(c4ccc(C(C)(C)C)cc4)c4ccc(C(C)(C)C)cc4)cc4c5c(n3c14)C(C)(C)c1ccccc1-5)C(C)(C)CCC2(C)C. The van der Waals surface area contributed by atoms with Crippen LogP contribution in [-0.2, 0) is 27.1 Å². The van der Waals surface area contributed by atoms with E-state index in [1.807, 2.05) is 0 Å². The summed E-state index contributed by atoms with van der Waals surface area (Å²) in [5, 5.41) is 3.52. The first kappa shape index (κ1) is 50.0. The Morgan fingerprint density at radius 1 is 0.494 bits per heavy atom. The molecule has 4 nitrogen and oxygen atoms in total. The molecule has 0 spiro atoms. The van der Waals surface area contributed by atoms with E-state index in [1.54, 1.807) is 0 Å². The lowest BCUT2D eigenvalue weighted by atomic mass is 9.44. The topological polar surface area (TPSA) is 24.6 Å². The van der Waals surface area contributed by atoms with Gasteiger partial charge in [0, 0.05) is 83.6 Å². The first-order chi connectivity index (χ1) is 38.6. The van der Waals surface area contributed by atoms with Gasteiger partial charge in [0.1, 0.15) is 11.2 Å². The molecule has 81 heavy (non-hydrogen) atoms. The van der Waals surface area contributed by atoms with Crippen LogP contribution in [0.15, 0.2) is 180 Å². The molecule has 2 aliphatic carbocycles. The van der Waals surface area contributed by atoms with E-state index in [-0.39, 0.29) is 33.9 Å². The van der Waals surface area contributed by atoms with Crippen molar-refractivity contribution < 1.29 is 4.42 Å². The summed E-state index contributed by atoms with van der Waals surface area (Å²) in [5.74, 6) is 0. The van der Waals surface area contributed by atoms with Gasteiger partial charge >= 0.3 is 6.85 Å². The third-order valence-electron chi connectivity index (χ3n) is 19.6. The molecular weight excluding hydrogens is 982 g/mol. The Labute approximate surface area is 479 Å². The molecule has 0 N–H and O–H groups in total. The molecule has 11 aromatic rings. The van der Waals surface area contributed by atoms with Crippen LogP contribution in [0, 0.1) is 6.92 Å². The van der Waals surface area contributed by atoms with Crippen molar-refractivity contribution in [2.24, 2.45) is 0 Å². The van der Waals surface area contributed by atoms with Crippen LogP contribution in [0.5, 0.6) is 0 Å². The number of anilines is 6. The molecule has 0 radical (unpaired) electrons. The quantitative estimate of drug-likeness (QED) is 0.161. The first-order valence-electron chi connectivity index (χ1n) is 29.6. The average Bonchev–Trinajstić information content (AvgIpc) is 3.39. The fraction of sp³-hybridized carbons (Fsp3) is 0.263. The third-order valence-corrected chi connectivity index (χ3v) is 19.6. The van der Waals surface area contributed by atoms with Gasteiger partial charge in [0.2, 0.25) is 0 Å². The van der Waals surface area contributed by atoms with Crippen LogP contribution >= 0.6 is 0 Å². The van der Waals surface area contributed by atoms with Gasteiger partial charge in [-0.15, -0.1) is 0 Å². The number of furan rings is 1. The Hall–Kier alpha value is -8.02. The highest BCUT2D eigenvalue weighted by atomic mass is 16.3. The van der Waals surface area contributed by atoms with E-state index in [0.29, 0.717) is 0 Å². The molecule has 0 fully saturated rings. The second-order valence-electron chi connectivity index (χ2n) is 28.1. The number of para-hydroxylation sites is 1. The number of aryl methyl sites for hydroxylation is 1. The molecular formula is C76H72BN3O. The Morgan fingerprint density at radius 3 is 1.78 bits per heavy atom. The fourth-order valence-corrected chi connectivity index (χ4v) is 15.1. The van der Waals surface area contributed by atoms with E-state index in [2.05, 4.69) is 280 Å². The number of benzene rings is 9. The van der Waals surface area contributed by atoms with Crippen molar-refractivity contribution in [1.29, 1.82) is 0 Å². The number of nitrogens with zero attached hydrogens (tertiary/aromatic N) is 3. The van der Waals surface area contributed by atoms with E-state index in [1.165, 1.54) is 118 Å². The summed E-state index contributed by atoms with van der Waals surface area (Å²) in [6.07, 6.45) is 2.31. The summed E-state index contributed by atoms with van der Waals surface area (Å²) < 4.78 is 10.3. The summed E-state index contributed by atoms with van der Waals surface area (Å²) >= 11 is 0. The molecule has 4 aliphatic rings. The normalized spacial score (nSPS) is 16.1. The molecule has 0 amide bonds. The highest BCUT2D eigenvalue weighted by molar-refractivity contribution is 6.90. The van der Waals surface area contributed by atoms with Gasteiger partial charge in [-0.05, 0) is 163 Å². The molecule has 15 rings (SSSR count). The zero-order valence-corrected chi connectivity index (χ0v) is 49.5. The van der Waals surface area contributed by atoms with Crippen LogP contribution in [0.2, 0.25) is 0 Å². The predicted octanol–water partition coefficient (Wildman–Crippen LogP) is 19.7. The molecule has 0 unspecified atom stereocenters. The highest BCUT2D eigenvalue weighted by Gasteiger charge is 2.51. The van der Waals surface area contributed by atoms with Crippen LogP contribution < -0.4 is 20.7 Å². The summed E-state index contributed by atoms with van der Waals surface area (Å²) in [7, 11) is 0. The predicted molar refractivity (Wildman–Crippen MR) is 345 cm³/mol. The van der Waals surface area contributed by atoms with Gasteiger partial charge < -0.3 is 18.7 Å². The van der Waals surface area contributed by atoms with Gasteiger partial charge in [-0.1, -0.05) is 198 Å². The fourth-order valence-electron chi connectivity index (χ4n) is 15.1. The molecule has 5 heteroatoms. The van der Waals surface area contributed by atoms with Crippen LogP contribution in [0.25, 0.3) is 66.2 Å². The Balaban J connectivity index is 1.12. The minimum Gasteiger partial charge on any atom is -0.455 e. The molecule has 0 bridgehead atoms. The van der Waals surface area contributed by atoms with Gasteiger partial charge in [-0.3, -0.25) is 0 Å². The van der Waals surface area contributed by atoms with Gasteiger partial charge in [-0.2, -0.15) is 0 Å². The van der Waals surface area contributed by atoms with Crippen molar-refractivity contribution in [2.75, 3.05) is 9.80 Å². The molecule has 4 heterocycles. The van der Waals surface area contributed by atoms with Crippen molar-refractivity contribution in [3.05, 3.63) is 215 Å².